The zero-order valence-electron chi connectivity index (χ0n) is 20.9. The monoisotopic (exact) mass is 488 g/mol. The van der Waals surface area contributed by atoms with Crippen LogP contribution >= 0.6 is 0 Å². The van der Waals surface area contributed by atoms with E-state index in [2.05, 4.69) is 20.2 Å². The number of carbonyl (C=O) groups excluding carboxylic acids is 1. The van der Waals surface area contributed by atoms with Crippen molar-refractivity contribution in [1.82, 2.24) is 24.4 Å². The highest BCUT2D eigenvalue weighted by molar-refractivity contribution is 5.99. The van der Waals surface area contributed by atoms with E-state index in [-0.39, 0.29) is 22.4 Å². The van der Waals surface area contributed by atoms with Gasteiger partial charge in [0.25, 0.3) is 5.56 Å². The van der Waals surface area contributed by atoms with E-state index in [4.69, 9.17) is 9.72 Å². The molecule has 0 spiro atoms. The maximum Gasteiger partial charge on any atom is 0.263 e. The Morgan fingerprint density at radius 2 is 1.92 bits per heavy atom. The second-order valence-corrected chi connectivity index (χ2v) is 10.6. The first-order valence-corrected chi connectivity index (χ1v) is 13.0. The Bertz CT molecular complexity index is 1360. The van der Waals surface area contributed by atoms with Gasteiger partial charge >= 0.3 is 0 Å². The lowest BCUT2D eigenvalue weighted by Gasteiger charge is -2.62. The van der Waals surface area contributed by atoms with Gasteiger partial charge in [-0.2, -0.15) is 4.98 Å². The number of carbonyl (C=O) groups is 1. The van der Waals surface area contributed by atoms with E-state index in [1.165, 1.54) is 26.2 Å². The maximum atomic E-state index is 13.4. The summed E-state index contributed by atoms with van der Waals surface area (Å²) in [6, 6.07) is 3.72. The Morgan fingerprint density at radius 3 is 2.56 bits per heavy atom. The van der Waals surface area contributed by atoms with Crippen molar-refractivity contribution in [3.05, 3.63) is 46.0 Å². The number of hydrogen-bond acceptors (Lipinski definition) is 8. The standard InChI is InChI=1S/C27H32N6O3/c1-17-21-16-29-26(30-22-7-6-20(15-28-22)36-11-10-32-8-4-3-5-9-32)31-24(21)33(25(35)23(17)18(2)34)27-12-19(13-27)14-27/h6-7,15-16,19H,3-5,8-14H2,1-2H3,(H,28,29,30,31). The molecule has 3 aromatic heterocycles. The molecule has 0 radical (unpaired) electrons. The number of pyridine rings is 2. The topological polar surface area (TPSA) is 102 Å². The number of ketones is 1. The summed E-state index contributed by atoms with van der Waals surface area (Å²) < 4.78 is 7.65. The molecule has 36 heavy (non-hydrogen) atoms. The number of piperidine rings is 1. The summed E-state index contributed by atoms with van der Waals surface area (Å²) in [4.78, 5) is 41.9. The highest BCUT2D eigenvalue weighted by Crippen LogP contribution is 2.62. The lowest BCUT2D eigenvalue weighted by atomic mass is 9.49. The number of Topliss-reactive ketones (excluding diaryl/α,β-unsaturated/α-hetero) is 1. The molecule has 4 heterocycles. The first kappa shape index (κ1) is 23.1. The van der Waals surface area contributed by atoms with Gasteiger partial charge in [-0.1, -0.05) is 6.42 Å². The van der Waals surface area contributed by atoms with Crippen molar-refractivity contribution < 1.29 is 9.53 Å². The van der Waals surface area contributed by atoms with E-state index in [0.29, 0.717) is 35.5 Å². The molecule has 0 aromatic carbocycles. The summed E-state index contributed by atoms with van der Waals surface area (Å²) in [5.74, 6) is 2.14. The van der Waals surface area contributed by atoms with Crippen LogP contribution in [0.4, 0.5) is 11.8 Å². The second kappa shape index (κ2) is 8.96. The Hall–Kier alpha value is -3.33. The molecule has 9 heteroatoms. The molecule has 4 aliphatic rings. The van der Waals surface area contributed by atoms with Crippen LogP contribution < -0.4 is 15.6 Å². The Labute approximate surface area is 209 Å². The number of anilines is 2. The number of aromatic nitrogens is 4. The number of nitrogens with zero attached hydrogens (tertiary/aromatic N) is 5. The fraction of sp³-hybridized carbons (Fsp3) is 0.519. The quantitative estimate of drug-likeness (QED) is 0.478. The van der Waals surface area contributed by atoms with Crippen molar-refractivity contribution in [1.29, 1.82) is 0 Å². The number of fused-ring (bicyclic) bond motifs is 1. The van der Waals surface area contributed by atoms with E-state index in [9.17, 15) is 9.59 Å². The molecular formula is C27H32N6O3. The minimum Gasteiger partial charge on any atom is -0.491 e. The van der Waals surface area contributed by atoms with Crippen molar-refractivity contribution in [2.75, 3.05) is 31.6 Å². The number of likely N-dealkylation sites (tertiary alicyclic amines) is 1. The molecule has 4 fully saturated rings. The Morgan fingerprint density at radius 1 is 1.14 bits per heavy atom. The number of hydrogen-bond donors (Lipinski definition) is 1. The molecule has 1 saturated heterocycles. The summed E-state index contributed by atoms with van der Waals surface area (Å²) >= 11 is 0. The van der Waals surface area contributed by atoms with E-state index < -0.39 is 0 Å². The third kappa shape index (κ3) is 3.95. The lowest BCUT2D eigenvalue weighted by Crippen LogP contribution is -2.62. The molecule has 1 aliphatic heterocycles. The summed E-state index contributed by atoms with van der Waals surface area (Å²) in [7, 11) is 0. The van der Waals surface area contributed by atoms with Crippen LogP contribution in [0.1, 0.15) is 61.4 Å². The molecule has 2 bridgehead atoms. The first-order valence-electron chi connectivity index (χ1n) is 13.0. The molecule has 1 N–H and O–H groups in total. The predicted molar refractivity (Wildman–Crippen MR) is 137 cm³/mol. The van der Waals surface area contributed by atoms with Crippen LogP contribution in [0.2, 0.25) is 0 Å². The van der Waals surface area contributed by atoms with Crippen molar-refractivity contribution in [2.24, 2.45) is 5.92 Å². The van der Waals surface area contributed by atoms with Gasteiger partial charge in [-0.05, 0) is 82.7 Å². The number of rotatable bonds is 8. The highest BCUT2D eigenvalue weighted by atomic mass is 16.5. The molecule has 0 amide bonds. The summed E-state index contributed by atoms with van der Waals surface area (Å²) in [6.07, 6.45) is 10.2. The van der Waals surface area contributed by atoms with Gasteiger partial charge in [0, 0.05) is 18.1 Å². The van der Waals surface area contributed by atoms with Gasteiger partial charge in [0.1, 0.15) is 23.8 Å². The number of aryl methyl sites for hydroxylation is 1. The molecule has 0 atom stereocenters. The van der Waals surface area contributed by atoms with Crippen molar-refractivity contribution in [3.8, 4) is 5.75 Å². The van der Waals surface area contributed by atoms with Crippen LogP contribution in [0.25, 0.3) is 11.0 Å². The zero-order valence-corrected chi connectivity index (χ0v) is 20.9. The minimum absolute atomic E-state index is 0.213. The average molecular weight is 489 g/mol. The largest absolute Gasteiger partial charge is 0.491 e. The van der Waals surface area contributed by atoms with E-state index in [1.807, 2.05) is 12.1 Å². The van der Waals surface area contributed by atoms with E-state index in [0.717, 1.165) is 50.0 Å². The first-order chi connectivity index (χ1) is 17.4. The maximum absolute atomic E-state index is 13.4. The SMILES string of the molecule is CC(=O)c1c(C)c2cnc(Nc3ccc(OCCN4CCCCC4)cn3)nc2n(C23CC(C2)C3)c1=O. The normalized spacial score (nSPS) is 23.1. The third-order valence-electron chi connectivity index (χ3n) is 8.11. The van der Waals surface area contributed by atoms with Gasteiger partial charge in [-0.15, -0.1) is 0 Å². The van der Waals surface area contributed by atoms with Crippen LogP contribution in [-0.4, -0.2) is 56.4 Å². The fourth-order valence-electron chi connectivity index (χ4n) is 6.06. The van der Waals surface area contributed by atoms with E-state index >= 15 is 0 Å². The van der Waals surface area contributed by atoms with Gasteiger partial charge in [0.2, 0.25) is 5.95 Å². The lowest BCUT2D eigenvalue weighted by molar-refractivity contribution is -0.0884. The molecule has 9 nitrogen and oxygen atoms in total. The Kier molecular flexibility index (Phi) is 5.75. The third-order valence-corrected chi connectivity index (χ3v) is 8.11. The Balaban J connectivity index is 1.22. The molecule has 188 valence electrons. The average Bonchev–Trinajstić information content (AvgIpc) is 2.81. The zero-order chi connectivity index (χ0) is 24.9. The smallest absolute Gasteiger partial charge is 0.263 e. The second-order valence-electron chi connectivity index (χ2n) is 10.6. The van der Waals surface area contributed by atoms with Crippen LogP contribution in [0.5, 0.6) is 5.75 Å². The van der Waals surface area contributed by atoms with Crippen molar-refractivity contribution in [2.45, 2.75) is 57.9 Å². The molecule has 3 saturated carbocycles. The van der Waals surface area contributed by atoms with Gasteiger partial charge < -0.3 is 10.1 Å². The van der Waals surface area contributed by atoms with Gasteiger partial charge in [0.05, 0.1) is 17.3 Å². The summed E-state index contributed by atoms with van der Waals surface area (Å²) in [5.41, 5.74) is 1.01. The minimum atomic E-state index is -0.237. The highest BCUT2D eigenvalue weighted by Gasteiger charge is 2.59. The van der Waals surface area contributed by atoms with Crippen LogP contribution in [0.3, 0.4) is 0 Å². The summed E-state index contributed by atoms with van der Waals surface area (Å²) in [5, 5.41) is 3.89. The fourth-order valence-corrected chi connectivity index (χ4v) is 6.06. The number of ether oxygens (including phenoxy) is 1. The van der Waals surface area contributed by atoms with Crippen molar-refractivity contribution >= 4 is 28.6 Å². The summed E-state index contributed by atoms with van der Waals surface area (Å²) in [6.45, 7) is 7.13. The van der Waals surface area contributed by atoms with Crippen LogP contribution in [0.15, 0.2) is 29.3 Å². The number of nitrogens with one attached hydrogen (secondary N) is 1. The molecule has 0 unspecified atom stereocenters. The molecule has 3 aliphatic carbocycles. The molecule has 7 rings (SSSR count). The molecular weight excluding hydrogens is 456 g/mol. The van der Waals surface area contributed by atoms with Gasteiger partial charge in [-0.25, -0.2) is 9.97 Å². The van der Waals surface area contributed by atoms with Crippen molar-refractivity contribution in [3.63, 3.8) is 0 Å². The van der Waals surface area contributed by atoms with E-state index in [1.54, 1.807) is 23.9 Å². The van der Waals surface area contributed by atoms with Gasteiger partial charge in [-0.3, -0.25) is 19.1 Å². The van der Waals surface area contributed by atoms with Gasteiger partial charge in [0.15, 0.2) is 5.78 Å². The predicted octanol–water partition coefficient (Wildman–Crippen LogP) is 3.81. The van der Waals surface area contributed by atoms with Crippen LogP contribution in [0, 0.1) is 12.8 Å². The van der Waals surface area contributed by atoms with Crippen LogP contribution in [-0.2, 0) is 5.54 Å². The molecule has 3 aromatic rings.